The highest BCUT2D eigenvalue weighted by molar-refractivity contribution is 9.10. The fourth-order valence-electron chi connectivity index (χ4n) is 2.54. The van der Waals surface area contributed by atoms with Crippen LogP contribution < -0.4 is 0 Å². The van der Waals surface area contributed by atoms with E-state index >= 15 is 0 Å². The predicted octanol–water partition coefficient (Wildman–Crippen LogP) is 4.17. The van der Waals surface area contributed by atoms with Crippen LogP contribution in [0.3, 0.4) is 0 Å². The Hall–Kier alpha value is -0.440. The summed E-state index contributed by atoms with van der Waals surface area (Å²) in [6.07, 6.45) is 4.05. The number of rotatable bonds is 0. The van der Waals surface area contributed by atoms with Crippen LogP contribution in [-0.4, -0.2) is 22.8 Å². The molecule has 0 radical (unpaired) electrons. The minimum atomic E-state index is -2.01. The molecule has 6 heteroatoms. The van der Waals surface area contributed by atoms with E-state index in [-0.39, 0.29) is 12.4 Å². The number of aromatic nitrogens is 2. The van der Waals surface area contributed by atoms with Crippen molar-refractivity contribution in [2.24, 2.45) is 0 Å². The maximum Gasteiger partial charge on any atom is 0.159 e. The molecule has 0 aromatic carbocycles. The highest BCUT2D eigenvalue weighted by Gasteiger charge is 2.27. The Morgan fingerprint density at radius 1 is 1.42 bits per heavy atom. The molecule has 0 spiro atoms. The van der Waals surface area contributed by atoms with Gasteiger partial charge in [-0.05, 0) is 53.1 Å². The van der Waals surface area contributed by atoms with Gasteiger partial charge in [0.15, 0.2) is 5.65 Å². The minimum absolute atomic E-state index is 0. The number of pyridine rings is 2. The zero-order valence-corrected chi connectivity index (χ0v) is 14.1. The van der Waals surface area contributed by atoms with Crippen LogP contribution in [0.5, 0.6) is 0 Å². The van der Waals surface area contributed by atoms with E-state index in [1.807, 2.05) is 12.7 Å². The molecule has 0 N–H and O–H groups in total. The summed E-state index contributed by atoms with van der Waals surface area (Å²) >= 11 is 3.44. The third kappa shape index (κ3) is 2.72. The predicted molar refractivity (Wildman–Crippen MR) is 85.0 cm³/mol. The van der Waals surface area contributed by atoms with Gasteiger partial charge in [-0.15, -0.1) is 12.4 Å². The fourth-order valence-corrected chi connectivity index (χ4v) is 4.81. The molecule has 2 aromatic heterocycles. The van der Waals surface area contributed by atoms with E-state index in [0.29, 0.717) is 6.16 Å². The van der Waals surface area contributed by atoms with Crippen molar-refractivity contribution in [3.63, 3.8) is 0 Å². The molecule has 19 heavy (non-hydrogen) atoms. The van der Waals surface area contributed by atoms with Crippen LogP contribution in [0.25, 0.3) is 11.0 Å². The second-order valence-electron chi connectivity index (χ2n) is 5.12. The second-order valence-corrected chi connectivity index (χ2v) is 9.39. The van der Waals surface area contributed by atoms with Gasteiger partial charge in [-0.2, -0.15) is 0 Å². The normalized spacial score (nSPS) is 21.8. The molecule has 0 bridgehead atoms. The fraction of sp³-hybridized carbons (Fsp3) is 0.385. The second kappa shape index (κ2) is 5.16. The quantitative estimate of drug-likeness (QED) is 0.661. The van der Waals surface area contributed by atoms with Gasteiger partial charge in [0, 0.05) is 34.1 Å². The van der Waals surface area contributed by atoms with Crippen LogP contribution in [0.2, 0.25) is 0 Å². The average Bonchev–Trinajstić information content (AvgIpc) is 2.31. The van der Waals surface area contributed by atoms with Gasteiger partial charge in [-0.3, -0.25) is 0 Å². The van der Waals surface area contributed by atoms with Crippen LogP contribution in [-0.2, 0) is 17.1 Å². The highest BCUT2D eigenvalue weighted by Crippen LogP contribution is 2.50. The van der Waals surface area contributed by atoms with E-state index in [1.165, 1.54) is 11.1 Å². The molecule has 3 rings (SSSR count). The van der Waals surface area contributed by atoms with Gasteiger partial charge in [-0.25, -0.2) is 9.97 Å². The Kier molecular flexibility index (Phi) is 4.06. The molecular weight excluding hydrogens is 346 g/mol. The Labute approximate surface area is 127 Å². The molecule has 0 amide bonds. The van der Waals surface area contributed by atoms with Crippen molar-refractivity contribution in [1.29, 1.82) is 0 Å². The molecule has 0 aliphatic carbocycles. The highest BCUT2D eigenvalue weighted by atomic mass is 79.9. The van der Waals surface area contributed by atoms with Crippen LogP contribution in [0.1, 0.15) is 16.8 Å². The standard InChI is InChI=1S/C13H14BrN2OP.ClH/c1-8-10-5-9(14)6-15-13(10)16-12-3-4-18(2,17)7-11(8)12;/h5-6H,3-4,7H2,1-2H3;1H. The Balaban J connectivity index is 0.00000133. The summed E-state index contributed by atoms with van der Waals surface area (Å²) in [6, 6.07) is 2.04. The number of fused-ring (bicyclic) bond motifs is 2. The van der Waals surface area contributed by atoms with Crippen LogP contribution in [0, 0.1) is 6.92 Å². The Morgan fingerprint density at radius 2 is 2.16 bits per heavy atom. The Bertz CT molecular complexity index is 705. The van der Waals surface area contributed by atoms with Gasteiger partial charge in [-0.1, -0.05) is 0 Å². The van der Waals surface area contributed by atoms with Crippen molar-refractivity contribution in [2.45, 2.75) is 19.5 Å². The monoisotopic (exact) mass is 360 g/mol. The third-order valence-corrected chi connectivity index (χ3v) is 6.18. The van der Waals surface area contributed by atoms with E-state index in [0.717, 1.165) is 33.8 Å². The minimum Gasteiger partial charge on any atom is -0.323 e. The smallest absolute Gasteiger partial charge is 0.159 e. The van der Waals surface area contributed by atoms with Crippen LogP contribution in [0.4, 0.5) is 0 Å². The molecule has 2 aromatic rings. The van der Waals surface area contributed by atoms with Gasteiger partial charge >= 0.3 is 0 Å². The largest absolute Gasteiger partial charge is 0.323 e. The molecule has 1 aliphatic heterocycles. The van der Waals surface area contributed by atoms with E-state index in [2.05, 4.69) is 32.8 Å². The molecule has 0 fully saturated rings. The Morgan fingerprint density at radius 3 is 2.89 bits per heavy atom. The van der Waals surface area contributed by atoms with Crippen molar-refractivity contribution < 1.29 is 4.57 Å². The number of hydrogen-bond acceptors (Lipinski definition) is 3. The topological polar surface area (TPSA) is 42.9 Å². The van der Waals surface area contributed by atoms with E-state index < -0.39 is 7.14 Å². The summed E-state index contributed by atoms with van der Waals surface area (Å²) in [7, 11) is -2.01. The first kappa shape index (κ1) is 15.0. The summed E-state index contributed by atoms with van der Waals surface area (Å²) in [5, 5.41) is 1.06. The lowest BCUT2D eigenvalue weighted by Crippen LogP contribution is -2.12. The molecule has 3 heterocycles. The SMILES string of the molecule is Cc1c2c(nc3ncc(Br)cc13)CCP(C)(=O)C2.Cl. The van der Waals surface area contributed by atoms with Gasteiger partial charge in [0.2, 0.25) is 0 Å². The van der Waals surface area contributed by atoms with E-state index in [9.17, 15) is 4.57 Å². The summed E-state index contributed by atoms with van der Waals surface area (Å²) in [6.45, 7) is 3.99. The van der Waals surface area contributed by atoms with Gasteiger partial charge in [0.1, 0.15) is 0 Å². The lowest BCUT2D eigenvalue weighted by atomic mass is 10.0. The molecule has 1 atom stereocenters. The number of nitrogens with zero attached hydrogens (tertiary/aromatic N) is 2. The van der Waals surface area contributed by atoms with Crippen molar-refractivity contribution in [3.05, 3.63) is 33.6 Å². The lowest BCUT2D eigenvalue weighted by Gasteiger charge is -2.23. The van der Waals surface area contributed by atoms with Gasteiger partial charge in [0.05, 0.1) is 7.14 Å². The maximum atomic E-state index is 12.3. The zero-order chi connectivity index (χ0) is 12.9. The first-order valence-corrected chi connectivity index (χ1v) is 9.27. The molecule has 102 valence electrons. The summed E-state index contributed by atoms with van der Waals surface area (Å²) in [5.74, 6) is 0. The first-order chi connectivity index (χ1) is 8.46. The molecular formula is C13H15BrClN2OP. The average molecular weight is 362 g/mol. The lowest BCUT2D eigenvalue weighted by molar-refractivity contribution is 0.574. The molecule has 1 aliphatic rings. The van der Waals surface area contributed by atoms with Crippen molar-refractivity contribution in [2.75, 3.05) is 12.8 Å². The molecule has 1 unspecified atom stereocenters. The number of halogens is 2. The summed E-state index contributed by atoms with van der Waals surface area (Å²) in [5.41, 5.74) is 4.25. The van der Waals surface area contributed by atoms with Gasteiger partial charge in [0.25, 0.3) is 0 Å². The van der Waals surface area contributed by atoms with Gasteiger partial charge < -0.3 is 4.57 Å². The number of hydrogen-bond donors (Lipinski definition) is 0. The zero-order valence-electron chi connectivity index (χ0n) is 10.8. The third-order valence-electron chi connectivity index (χ3n) is 3.59. The first-order valence-electron chi connectivity index (χ1n) is 5.95. The van der Waals surface area contributed by atoms with Crippen molar-refractivity contribution in [1.82, 2.24) is 9.97 Å². The summed E-state index contributed by atoms with van der Waals surface area (Å²) < 4.78 is 13.3. The van der Waals surface area contributed by atoms with Crippen molar-refractivity contribution in [3.8, 4) is 0 Å². The summed E-state index contributed by atoms with van der Waals surface area (Å²) in [4.78, 5) is 8.99. The van der Waals surface area contributed by atoms with Crippen LogP contribution in [0.15, 0.2) is 16.7 Å². The number of aryl methyl sites for hydroxylation is 2. The molecule has 0 saturated heterocycles. The molecule has 3 nitrogen and oxygen atoms in total. The van der Waals surface area contributed by atoms with E-state index in [4.69, 9.17) is 0 Å². The van der Waals surface area contributed by atoms with Crippen LogP contribution >= 0.6 is 35.5 Å². The van der Waals surface area contributed by atoms with Crippen molar-refractivity contribution >= 4 is 46.5 Å². The molecule has 0 saturated carbocycles. The van der Waals surface area contributed by atoms with E-state index in [1.54, 1.807) is 6.20 Å². The maximum absolute atomic E-state index is 12.3.